The van der Waals surface area contributed by atoms with Crippen LogP contribution >= 0.6 is 21.6 Å². The van der Waals surface area contributed by atoms with Crippen molar-refractivity contribution in [3.63, 3.8) is 0 Å². The maximum atomic E-state index is 11.9. The SMILES string of the molecule is NCCSSCCNC(=O)OCc1cccc2c1Cc1ccccc1-2. The molecule has 0 saturated carbocycles. The summed E-state index contributed by atoms with van der Waals surface area (Å²) in [5.74, 6) is 1.77. The molecule has 2 aromatic carbocycles. The Hall–Kier alpha value is -1.63. The Morgan fingerprint density at radius 2 is 1.88 bits per heavy atom. The molecule has 1 amide bonds. The molecule has 0 radical (unpaired) electrons. The standard InChI is InChI=1S/C19H22N2O2S2/c20-8-10-24-25-11-9-21-19(22)23-13-15-5-3-7-17-16-6-2-1-4-14(16)12-18(15)17/h1-7H,8-13,20H2,(H,21,22). The van der Waals surface area contributed by atoms with Crippen LogP contribution in [0.1, 0.15) is 16.7 Å². The summed E-state index contributed by atoms with van der Waals surface area (Å²) in [6, 6.07) is 14.7. The molecule has 132 valence electrons. The predicted molar refractivity (Wildman–Crippen MR) is 107 cm³/mol. The van der Waals surface area contributed by atoms with E-state index in [2.05, 4.69) is 35.6 Å². The topological polar surface area (TPSA) is 64.3 Å². The normalized spacial score (nSPS) is 11.7. The highest BCUT2D eigenvalue weighted by atomic mass is 33.1. The van der Waals surface area contributed by atoms with Crippen LogP contribution in [-0.4, -0.2) is 30.7 Å². The van der Waals surface area contributed by atoms with Crippen LogP contribution in [0.3, 0.4) is 0 Å². The molecule has 25 heavy (non-hydrogen) atoms. The van der Waals surface area contributed by atoms with E-state index in [1.807, 2.05) is 12.1 Å². The summed E-state index contributed by atoms with van der Waals surface area (Å²) in [7, 11) is 3.43. The molecule has 1 aliphatic rings. The number of hydrogen-bond acceptors (Lipinski definition) is 5. The van der Waals surface area contributed by atoms with Crippen LogP contribution in [0.25, 0.3) is 11.1 Å². The Kier molecular flexibility index (Phi) is 6.67. The second-order valence-corrected chi connectivity index (χ2v) is 8.41. The van der Waals surface area contributed by atoms with E-state index in [0.29, 0.717) is 19.7 Å². The number of nitrogens with two attached hydrogens (primary N) is 1. The van der Waals surface area contributed by atoms with Gasteiger partial charge in [0.05, 0.1) is 0 Å². The summed E-state index contributed by atoms with van der Waals surface area (Å²) in [5.41, 5.74) is 11.7. The smallest absolute Gasteiger partial charge is 0.407 e. The fraction of sp³-hybridized carbons (Fsp3) is 0.316. The number of hydrogen-bond donors (Lipinski definition) is 2. The molecular formula is C19H22N2O2S2. The van der Waals surface area contributed by atoms with E-state index in [1.165, 1.54) is 22.3 Å². The average molecular weight is 375 g/mol. The van der Waals surface area contributed by atoms with Gasteiger partial charge in [0, 0.05) is 24.6 Å². The predicted octanol–water partition coefficient (Wildman–Crippen LogP) is 3.82. The van der Waals surface area contributed by atoms with Crippen molar-refractivity contribution in [1.82, 2.24) is 5.32 Å². The molecular weight excluding hydrogens is 352 g/mol. The summed E-state index contributed by atoms with van der Waals surface area (Å²) >= 11 is 0. The van der Waals surface area contributed by atoms with Crippen molar-refractivity contribution in [2.45, 2.75) is 13.0 Å². The van der Waals surface area contributed by atoms with E-state index in [9.17, 15) is 4.79 Å². The van der Waals surface area contributed by atoms with Crippen molar-refractivity contribution >= 4 is 27.7 Å². The molecule has 1 aliphatic carbocycles. The fourth-order valence-electron chi connectivity index (χ4n) is 2.91. The molecule has 2 aromatic rings. The second kappa shape index (κ2) is 9.17. The van der Waals surface area contributed by atoms with Gasteiger partial charge in [-0.3, -0.25) is 0 Å². The molecule has 0 unspecified atom stereocenters. The van der Waals surface area contributed by atoms with Gasteiger partial charge in [0.15, 0.2) is 0 Å². The zero-order valence-electron chi connectivity index (χ0n) is 14.0. The molecule has 0 spiro atoms. The highest BCUT2D eigenvalue weighted by molar-refractivity contribution is 8.76. The number of ether oxygens (including phenoxy) is 1. The van der Waals surface area contributed by atoms with Crippen LogP contribution in [-0.2, 0) is 17.8 Å². The molecule has 0 fully saturated rings. The van der Waals surface area contributed by atoms with E-state index < -0.39 is 0 Å². The van der Waals surface area contributed by atoms with Crippen LogP contribution in [0.15, 0.2) is 42.5 Å². The second-order valence-electron chi connectivity index (χ2n) is 5.71. The van der Waals surface area contributed by atoms with Gasteiger partial charge in [-0.15, -0.1) is 0 Å². The first-order chi connectivity index (χ1) is 12.3. The van der Waals surface area contributed by atoms with Gasteiger partial charge in [-0.25, -0.2) is 4.79 Å². The number of carbonyl (C=O) groups excluding carboxylic acids is 1. The lowest BCUT2D eigenvalue weighted by Gasteiger charge is -2.10. The largest absolute Gasteiger partial charge is 0.445 e. The third-order valence-corrected chi connectivity index (χ3v) is 6.49. The summed E-state index contributed by atoms with van der Waals surface area (Å²) in [6.07, 6.45) is 0.541. The van der Waals surface area contributed by atoms with E-state index in [0.717, 1.165) is 23.5 Å². The summed E-state index contributed by atoms with van der Waals surface area (Å²) in [6.45, 7) is 1.58. The molecule has 0 saturated heterocycles. The van der Waals surface area contributed by atoms with Crippen LogP contribution in [0.4, 0.5) is 4.79 Å². The number of alkyl carbamates (subject to hydrolysis) is 1. The van der Waals surface area contributed by atoms with Crippen LogP contribution in [0.2, 0.25) is 0 Å². The lowest BCUT2D eigenvalue weighted by atomic mass is 10.0. The van der Waals surface area contributed by atoms with Crippen LogP contribution in [0, 0.1) is 0 Å². The van der Waals surface area contributed by atoms with Crippen molar-refractivity contribution in [2.75, 3.05) is 24.6 Å². The first-order valence-corrected chi connectivity index (χ1v) is 10.8. The lowest BCUT2D eigenvalue weighted by Crippen LogP contribution is -2.26. The molecule has 3 N–H and O–H groups in total. The van der Waals surface area contributed by atoms with E-state index in [1.54, 1.807) is 21.6 Å². The molecule has 4 nitrogen and oxygen atoms in total. The molecule has 0 bridgehead atoms. The van der Waals surface area contributed by atoms with Crippen molar-refractivity contribution in [3.8, 4) is 11.1 Å². The number of fused-ring (bicyclic) bond motifs is 3. The summed E-state index contributed by atoms with van der Waals surface area (Å²) in [4.78, 5) is 11.9. The Morgan fingerprint density at radius 1 is 1.08 bits per heavy atom. The average Bonchev–Trinajstić information content (AvgIpc) is 3.02. The highest BCUT2D eigenvalue weighted by Gasteiger charge is 2.20. The zero-order valence-corrected chi connectivity index (χ0v) is 15.6. The van der Waals surface area contributed by atoms with Crippen molar-refractivity contribution in [1.29, 1.82) is 0 Å². The molecule has 3 rings (SSSR count). The minimum atomic E-state index is -0.363. The van der Waals surface area contributed by atoms with Crippen molar-refractivity contribution in [3.05, 3.63) is 59.2 Å². The Balaban J connectivity index is 1.49. The number of benzene rings is 2. The number of nitrogens with one attached hydrogen (secondary N) is 1. The quantitative estimate of drug-likeness (QED) is 0.463. The fourth-order valence-corrected chi connectivity index (χ4v) is 4.68. The number of carbonyl (C=O) groups is 1. The van der Waals surface area contributed by atoms with Crippen LogP contribution < -0.4 is 11.1 Å². The molecule has 0 atom stereocenters. The van der Waals surface area contributed by atoms with Gasteiger partial charge in [0.2, 0.25) is 0 Å². The Morgan fingerprint density at radius 3 is 2.76 bits per heavy atom. The Bertz CT molecular complexity index is 737. The van der Waals surface area contributed by atoms with Crippen molar-refractivity contribution < 1.29 is 9.53 Å². The minimum absolute atomic E-state index is 0.304. The van der Waals surface area contributed by atoms with Gasteiger partial charge in [-0.05, 0) is 34.2 Å². The van der Waals surface area contributed by atoms with Crippen LogP contribution in [0.5, 0.6) is 0 Å². The van der Waals surface area contributed by atoms with Gasteiger partial charge >= 0.3 is 6.09 Å². The molecule has 0 heterocycles. The van der Waals surface area contributed by atoms with Gasteiger partial charge in [0.1, 0.15) is 6.61 Å². The van der Waals surface area contributed by atoms with Gasteiger partial charge in [-0.2, -0.15) is 0 Å². The van der Waals surface area contributed by atoms with Gasteiger partial charge < -0.3 is 15.8 Å². The zero-order chi connectivity index (χ0) is 17.5. The third kappa shape index (κ3) is 4.71. The summed E-state index contributed by atoms with van der Waals surface area (Å²) in [5, 5.41) is 2.79. The molecule has 0 aromatic heterocycles. The monoisotopic (exact) mass is 374 g/mol. The number of amides is 1. The van der Waals surface area contributed by atoms with Gasteiger partial charge in [-0.1, -0.05) is 64.1 Å². The maximum Gasteiger partial charge on any atom is 0.407 e. The highest BCUT2D eigenvalue weighted by Crippen LogP contribution is 2.38. The first-order valence-electron chi connectivity index (χ1n) is 8.33. The molecule has 0 aliphatic heterocycles. The number of rotatable bonds is 8. The third-order valence-electron chi connectivity index (χ3n) is 4.05. The van der Waals surface area contributed by atoms with E-state index in [4.69, 9.17) is 10.5 Å². The first kappa shape index (κ1) is 18.2. The minimum Gasteiger partial charge on any atom is -0.445 e. The van der Waals surface area contributed by atoms with E-state index >= 15 is 0 Å². The van der Waals surface area contributed by atoms with E-state index in [-0.39, 0.29) is 6.09 Å². The lowest BCUT2D eigenvalue weighted by molar-refractivity contribution is 0.140. The van der Waals surface area contributed by atoms with Crippen molar-refractivity contribution in [2.24, 2.45) is 5.73 Å². The Labute approximate surface area is 156 Å². The maximum absolute atomic E-state index is 11.9. The van der Waals surface area contributed by atoms with Gasteiger partial charge in [0.25, 0.3) is 0 Å². The summed E-state index contributed by atoms with van der Waals surface area (Å²) < 4.78 is 5.39. The molecule has 6 heteroatoms.